The lowest BCUT2D eigenvalue weighted by atomic mass is 10.0. The Kier molecular flexibility index (Phi) is 2.79. The van der Waals surface area contributed by atoms with Gasteiger partial charge < -0.3 is 0 Å². The van der Waals surface area contributed by atoms with Crippen molar-refractivity contribution in [3.8, 4) is 0 Å². The molecule has 0 saturated heterocycles. The zero-order chi connectivity index (χ0) is 14.3. The number of hydrogen-bond donors (Lipinski definition) is 0. The monoisotopic (exact) mass is 264 g/mol. The van der Waals surface area contributed by atoms with E-state index in [0.717, 1.165) is 10.8 Å². The Bertz CT molecular complexity index is 796. The fourth-order valence-electron chi connectivity index (χ4n) is 2.23. The van der Waals surface area contributed by atoms with Crippen LogP contribution in [0.3, 0.4) is 0 Å². The smallest absolute Gasteiger partial charge is 0.159 e. The second-order valence-corrected chi connectivity index (χ2v) is 4.78. The van der Waals surface area contributed by atoms with E-state index in [2.05, 4.69) is 10.2 Å². The van der Waals surface area contributed by atoms with Gasteiger partial charge in [-0.15, -0.1) is 10.2 Å². The molecule has 0 saturated carbocycles. The zero-order valence-electron chi connectivity index (χ0n) is 11.2. The largest absolute Gasteiger partial charge is 0.295 e. The molecule has 0 bridgehead atoms. The molecular weight excluding hydrogens is 252 g/mol. The van der Waals surface area contributed by atoms with E-state index in [4.69, 9.17) is 0 Å². The number of hydrogen-bond acceptors (Lipinski definition) is 4. The maximum atomic E-state index is 11.4. The van der Waals surface area contributed by atoms with Crippen LogP contribution in [0.2, 0.25) is 0 Å². The Labute approximate surface area is 115 Å². The van der Waals surface area contributed by atoms with Crippen LogP contribution in [0, 0.1) is 0 Å². The first-order valence-electron chi connectivity index (χ1n) is 6.28. The topological polar surface area (TPSA) is 59.9 Å². The first-order chi connectivity index (χ1) is 9.56. The molecule has 0 aliphatic rings. The third-order valence-electron chi connectivity index (χ3n) is 3.36. The lowest BCUT2D eigenvalue weighted by Crippen LogP contribution is -1.96. The van der Waals surface area contributed by atoms with Gasteiger partial charge in [0.05, 0.1) is 11.0 Å². The minimum absolute atomic E-state index is 0.000671. The summed E-state index contributed by atoms with van der Waals surface area (Å²) in [5.74, 6) is 0.00134. The maximum Gasteiger partial charge on any atom is 0.159 e. The number of nitrogens with zero attached hydrogens (tertiary/aromatic N) is 2. The average Bonchev–Trinajstić information content (AvgIpc) is 2.45. The predicted molar refractivity (Wildman–Crippen MR) is 77.1 cm³/mol. The molecule has 0 atom stereocenters. The Morgan fingerprint density at radius 3 is 1.50 bits per heavy atom. The number of aromatic nitrogens is 2. The van der Waals surface area contributed by atoms with Crippen LogP contribution in [0.1, 0.15) is 34.6 Å². The number of benzene rings is 2. The Morgan fingerprint density at radius 1 is 0.750 bits per heavy atom. The van der Waals surface area contributed by atoms with E-state index in [9.17, 15) is 9.59 Å². The first kappa shape index (κ1) is 12.4. The molecule has 98 valence electrons. The molecule has 0 aliphatic heterocycles. The lowest BCUT2D eigenvalue weighted by molar-refractivity contribution is 0.100. The molecule has 1 aromatic heterocycles. The number of rotatable bonds is 2. The number of fused-ring (bicyclic) bond motifs is 3. The lowest BCUT2D eigenvalue weighted by Gasteiger charge is -2.04. The van der Waals surface area contributed by atoms with Crippen molar-refractivity contribution in [2.45, 2.75) is 13.8 Å². The van der Waals surface area contributed by atoms with Crippen LogP contribution >= 0.6 is 0 Å². The number of carbonyl (C=O) groups excluding carboxylic acids is 2. The highest BCUT2D eigenvalue weighted by Gasteiger charge is 2.08. The van der Waals surface area contributed by atoms with Crippen LogP contribution in [0.25, 0.3) is 21.8 Å². The first-order valence-corrected chi connectivity index (χ1v) is 6.28. The highest BCUT2D eigenvalue weighted by molar-refractivity contribution is 6.08. The molecule has 0 fully saturated rings. The third kappa shape index (κ3) is 1.95. The minimum Gasteiger partial charge on any atom is -0.295 e. The summed E-state index contributed by atoms with van der Waals surface area (Å²) in [5.41, 5.74) is 2.60. The van der Waals surface area contributed by atoms with Gasteiger partial charge in [-0.3, -0.25) is 9.59 Å². The van der Waals surface area contributed by atoms with Crippen LogP contribution in [-0.4, -0.2) is 21.8 Å². The Morgan fingerprint density at radius 2 is 1.15 bits per heavy atom. The average molecular weight is 264 g/mol. The molecule has 3 aromatic rings. The Hall–Kier alpha value is -2.62. The summed E-state index contributed by atoms with van der Waals surface area (Å²) >= 11 is 0. The highest BCUT2D eigenvalue weighted by atomic mass is 16.1. The highest BCUT2D eigenvalue weighted by Crippen LogP contribution is 2.24. The molecule has 3 rings (SSSR count). The van der Waals surface area contributed by atoms with Gasteiger partial charge in [0.2, 0.25) is 0 Å². The number of Topliss-reactive ketones (excluding diaryl/α,β-unsaturated/α-hetero) is 2. The summed E-state index contributed by atoms with van der Waals surface area (Å²) in [5, 5.41) is 10.1. The van der Waals surface area contributed by atoms with Crippen molar-refractivity contribution >= 4 is 33.4 Å². The van der Waals surface area contributed by atoms with Crippen LogP contribution in [0.4, 0.5) is 0 Å². The fraction of sp³-hybridized carbons (Fsp3) is 0.125. The van der Waals surface area contributed by atoms with Gasteiger partial charge in [0.1, 0.15) is 0 Å². The normalized spacial score (nSPS) is 10.9. The van der Waals surface area contributed by atoms with Gasteiger partial charge in [-0.2, -0.15) is 0 Å². The van der Waals surface area contributed by atoms with E-state index in [0.29, 0.717) is 22.2 Å². The van der Waals surface area contributed by atoms with E-state index in [1.54, 1.807) is 24.3 Å². The fourth-order valence-corrected chi connectivity index (χ4v) is 2.23. The van der Waals surface area contributed by atoms with Crippen molar-refractivity contribution in [2.75, 3.05) is 0 Å². The van der Waals surface area contributed by atoms with Crippen LogP contribution in [0.5, 0.6) is 0 Å². The van der Waals surface area contributed by atoms with Gasteiger partial charge >= 0.3 is 0 Å². The van der Waals surface area contributed by atoms with Crippen LogP contribution in [-0.2, 0) is 0 Å². The minimum atomic E-state index is 0.000671. The van der Waals surface area contributed by atoms with Crippen molar-refractivity contribution in [2.24, 2.45) is 0 Å². The van der Waals surface area contributed by atoms with Gasteiger partial charge in [0, 0.05) is 21.9 Å². The van der Waals surface area contributed by atoms with Crippen molar-refractivity contribution in [1.29, 1.82) is 0 Å². The summed E-state index contributed by atoms with van der Waals surface area (Å²) < 4.78 is 0. The number of carbonyl (C=O) groups is 2. The van der Waals surface area contributed by atoms with Gasteiger partial charge in [-0.25, -0.2) is 0 Å². The van der Waals surface area contributed by atoms with E-state index in [1.165, 1.54) is 13.8 Å². The summed E-state index contributed by atoms with van der Waals surface area (Å²) in [7, 11) is 0. The molecule has 0 N–H and O–H groups in total. The second-order valence-electron chi connectivity index (χ2n) is 4.78. The van der Waals surface area contributed by atoms with Gasteiger partial charge in [-0.05, 0) is 26.0 Å². The maximum absolute atomic E-state index is 11.4. The van der Waals surface area contributed by atoms with E-state index in [1.807, 2.05) is 12.1 Å². The summed E-state index contributed by atoms with van der Waals surface area (Å²) in [6.45, 7) is 3.05. The summed E-state index contributed by atoms with van der Waals surface area (Å²) in [6.07, 6.45) is 0. The van der Waals surface area contributed by atoms with E-state index in [-0.39, 0.29) is 11.6 Å². The van der Waals surface area contributed by atoms with Crippen LogP contribution in [0.15, 0.2) is 36.4 Å². The Balaban J connectivity index is 2.31. The molecule has 20 heavy (non-hydrogen) atoms. The third-order valence-corrected chi connectivity index (χ3v) is 3.36. The molecule has 4 nitrogen and oxygen atoms in total. The molecule has 1 heterocycles. The van der Waals surface area contributed by atoms with E-state index < -0.39 is 0 Å². The molecule has 4 heteroatoms. The van der Waals surface area contributed by atoms with Crippen molar-refractivity contribution < 1.29 is 9.59 Å². The summed E-state index contributed by atoms with van der Waals surface area (Å²) in [6, 6.07) is 10.8. The second kappa shape index (κ2) is 4.49. The molecule has 0 unspecified atom stereocenters. The summed E-state index contributed by atoms with van der Waals surface area (Å²) in [4.78, 5) is 22.8. The predicted octanol–water partition coefficient (Wildman–Crippen LogP) is 3.19. The van der Waals surface area contributed by atoms with Crippen LogP contribution < -0.4 is 0 Å². The van der Waals surface area contributed by atoms with Crippen molar-refractivity contribution in [3.63, 3.8) is 0 Å². The SMILES string of the molecule is CC(=O)c1ccc2c(c1)nnc1cc(C(C)=O)ccc12. The van der Waals surface area contributed by atoms with Gasteiger partial charge in [-0.1, -0.05) is 24.3 Å². The van der Waals surface area contributed by atoms with Crippen molar-refractivity contribution in [1.82, 2.24) is 10.2 Å². The quantitative estimate of drug-likeness (QED) is 0.527. The molecule has 0 aliphatic carbocycles. The van der Waals surface area contributed by atoms with Gasteiger partial charge in [0.25, 0.3) is 0 Å². The number of ketones is 2. The standard InChI is InChI=1S/C16H12N2O2/c1-9(19)11-3-5-13-14-6-4-12(10(2)20)8-16(14)18-17-15(13)7-11/h3-8H,1-2H3. The molecule has 0 spiro atoms. The van der Waals surface area contributed by atoms with Crippen molar-refractivity contribution in [3.05, 3.63) is 47.5 Å². The van der Waals surface area contributed by atoms with E-state index >= 15 is 0 Å². The molecule has 0 amide bonds. The molecule has 0 radical (unpaired) electrons. The molecule has 2 aromatic carbocycles. The molecular formula is C16H12N2O2. The van der Waals surface area contributed by atoms with Gasteiger partial charge in [0.15, 0.2) is 11.6 Å². The zero-order valence-corrected chi connectivity index (χ0v) is 11.2.